The summed E-state index contributed by atoms with van der Waals surface area (Å²) in [5.74, 6) is 0.427. The van der Waals surface area contributed by atoms with Gasteiger partial charge in [0.2, 0.25) is 5.91 Å². The van der Waals surface area contributed by atoms with Crippen LogP contribution in [0.4, 0.5) is 10.1 Å². The van der Waals surface area contributed by atoms with E-state index < -0.39 is 5.41 Å². The van der Waals surface area contributed by atoms with Crippen LogP contribution in [0.25, 0.3) is 0 Å². The molecule has 0 saturated heterocycles. The van der Waals surface area contributed by atoms with E-state index >= 15 is 0 Å². The second-order valence-electron chi connectivity index (χ2n) is 6.11. The molecule has 1 amide bonds. The minimum atomic E-state index is -0.494. The first kappa shape index (κ1) is 14.7. The molecule has 1 fully saturated rings. The van der Waals surface area contributed by atoms with Crippen LogP contribution in [0.5, 0.6) is 5.75 Å². The van der Waals surface area contributed by atoms with Crippen LogP contribution < -0.4 is 9.64 Å². The van der Waals surface area contributed by atoms with Crippen LogP contribution in [0.2, 0.25) is 0 Å². The molecule has 1 spiro atoms. The zero-order valence-electron chi connectivity index (χ0n) is 12.6. The molecule has 0 aromatic heterocycles. The van der Waals surface area contributed by atoms with E-state index in [9.17, 15) is 9.18 Å². The number of nitrogens with zero attached hydrogens (tertiary/aromatic N) is 1. The molecule has 2 aromatic carbocycles. The average Bonchev–Trinajstić information content (AvgIpc) is 3.30. The number of carbonyl (C=O) groups is 1. The zero-order valence-corrected chi connectivity index (χ0v) is 14.2. The monoisotopic (exact) mass is 375 g/mol. The van der Waals surface area contributed by atoms with Gasteiger partial charge in [0.15, 0.2) is 0 Å². The lowest BCUT2D eigenvalue weighted by Gasteiger charge is -2.19. The molecule has 118 valence electrons. The molecule has 3 nitrogen and oxygen atoms in total. The summed E-state index contributed by atoms with van der Waals surface area (Å²) in [6, 6.07) is 10.8. The van der Waals surface area contributed by atoms with Crippen molar-refractivity contribution in [2.24, 2.45) is 0 Å². The fraction of sp³-hybridized carbons (Fsp3) is 0.278. The molecule has 4 rings (SSSR count). The highest BCUT2D eigenvalue weighted by molar-refractivity contribution is 9.10. The SMILES string of the molecule is COc1ccc(CN2C(=O)C3(CC3)c3cc(Br)cc(F)c32)cc1. The number of hydrogen-bond acceptors (Lipinski definition) is 2. The molecule has 2 aliphatic rings. The smallest absolute Gasteiger partial charge is 0.238 e. The van der Waals surface area contributed by atoms with Crippen LogP contribution in [0.3, 0.4) is 0 Å². The van der Waals surface area contributed by atoms with E-state index in [-0.39, 0.29) is 11.7 Å². The van der Waals surface area contributed by atoms with Crippen LogP contribution in [0, 0.1) is 5.82 Å². The fourth-order valence-corrected chi connectivity index (χ4v) is 3.78. The number of halogens is 2. The average molecular weight is 376 g/mol. The Morgan fingerprint density at radius 3 is 2.57 bits per heavy atom. The summed E-state index contributed by atoms with van der Waals surface area (Å²) >= 11 is 3.33. The summed E-state index contributed by atoms with van der Waals surface area (Å²) in [5.41, 5.74) is 1.71. The van der Waals surface area contributed by atoms with E-state index in [1.54, 1.807) is 12.0 Å². The Kier molecular flexibility index (Phi) is 3.23. The van der Waals surface area contributed by atoms with Gasteiger partial charge >= 0.3 is 0 Å². The number of rotatable bonds is 3. The minimum Gasteiger partial charge on any atom is -0.497 e. The summed E-state index contributed by atoms with van der Waals surface area (Å²) in [5, 5.41) is 0. The number of methoxy groups -OCH3 is 1. The maximum atomic E-state index is 14.5. The summed E-state index contributed by atoms with van der Waals surface area (Å²) in [6.07, 6.45) is 1.60. The second-order valence-corrected chi connectivity index (χ2v) is 7.02. The van der Waals surface area contributed by atoms with Crippen LogP contribution in [-0.2, 0) is 16.8 Å². The van der Waals surface area contributed by atoms with Crippen molar-refractivity contribution in [1.82, 2.24) is 0 Å². The van der Waals surface area contributed by atoms with E-state index in [0.717, 1.165) is 29.7 Å². The Morgan fingerprint density at radius 1 is 1.26 bits per heavy atom. The van der Waals surface area contributed by atoms with E-state index in [1.807, 2.05) is 30.3 Å². The Balaban J connectivity index is 1.74. The van der Waals surface area contributed by atoms with Gasteiger partial charge in [-0.25, -0.2) is 4.39 Å². The van der Waals surface area contributed by atoms with Crippen molar-refractivity contribution < 1.29 is 13.9 Å². The Morgan fingerprint density at radius 2 is 1.96 bits per heavy atom. The van der Waals surface area contributed by atoms with E-state index in [0.29, 0.717) is 16.7 Å². The molecule has 0 radical (unpaired) electrons. The third-order valence-corrected chi connectivity index (χ3v) is 5.18. The van der Waals surface area contributed by atoms with Crippen LogP contribution in [-0.4, -0.2) is 13.0 Å². The fourth-order valence-electron chi connectivity index (χ4n) is 3.35. The van der Waals surface area contributed by atoms with Crippen molar-refractivity contribution in [3.8, 4) is 5.75 Å². The van der Waals surface area contributed by atoms with Gasteiger partial charge < -0.3 is 9.64 Å². The van der Waals surface area contributed by atoms with Crippen molar-refractivity contribution in [3.05, 3.63) is 57.8 Å². The summed E-state index contributed by atoms with van der Waals surface area (Å²) in [7, 11) is 1.61. The van der Waals surface area contributed by atoms with Gasteiger partial charge in [-0.05, 0) is 48.2 Å². The molecule has 1 saturated carbocycles. The normalized spacial score (nSPS) is 17.5. The molecule has 0 bridgehead atoms. The maximum absolute atomic E-state index is 14.5. The lowest BCUT2D eigenvalue weighted by atomic mass is 9.98. The number of carbonyl (C=O) groups excluding carboxylic acids is 1. The highest BCUT2D eigenvalue weighted by Gasteiger charge is 2.59. The first-order chi connectivity index (χ1) is 11.0. The van der Waals surface area contributed by atoms with Gasteiger partial charge in [-0.2, -0.15) is 0 Å². The molecular formula is C18H15BrFNO2. The topological polar surface area (TPSA) is 29.5 Å². The molecule has 1 heterocycles. The maximum Gasteiger partial charge on any atom is 0.238 e. The van der Waals surface area contributed by atoms with Crippen LogP contribution in [0.1, 0.15) is 24.0 Å². The highest BCUT2D eigenvalue weighted by Crippen LogP contribution is 2.58. The van der Waals surface area contributed by atoms with E-state index in [4.69, 9.17) is 4.74 Å². The number of ether oxygens (including phenoxy) is 1. The van der Waals surface area contributed by atoms with Gasteiger partial charge in [-0.15, -0.1) is 0 Å². The molecule has 1 aliphatic heterocycles. The van der Waals surface area contributed by atoms with Gasteiger partial charge in [0.25, 0.3) is 0 Å². The van der Waals surface area contributed by atoms with Crippen LogP contribution in [0.15, 0.2) is 40.9 Å². The summed E-state index contributed by atoms with van der Waals surface area (Å²) < 4.78 is 20.3. The molecule has 1 aliphatic carbocycles. The largest absolute Gasteiger partial charge is 0.497 e. The quantitative estimate of drug-likeness (QED) is 0.805. The second kappa shape index (κ2) is 5.06. The van der Waals surface area contributed by atoms with Crippen molar-refractivity contribution in [2.45, 2.75) is 24.8 Å². The molecule has 23 heavy (non-hydrogen) atoms. The summed E-state index contributed by atoms with van der Waals surface area (Å²) in [4.78, 5) is 14.4. The molecule has 5 heteroatoms. The van der Waals surface area contributed by atoms with Crippen LogP contribution >= 0.6 is 15.9 Å². The molecule has 0 N–H and O–H groups in total. The predicted octanol–water partition coefficient (Wildman–Crippen LogP) is 4.18. The first-order valence-electron chi connectivity index (χ1n) is 7.49. The third-order valence-electron chi connectivity index (χ3n) is 4.72. The van der Waals surface area contributed by atoms with E-state index in [1.165, 1.54) is 6.07 Å². The van der Waals surface area contributed by atoms with Crippen molar-refractivity contribution >= 4 is 27.5 Å². The Hall–Kier alpha value is -1.88. The van der Waals surface area contributed by atoms with Crippen molar-refractivity contribution in [3.63, 3.8) is 0 Å². The number of benzene rings is 2. The predicted molar refractivity (Wildman–Crippen MR) is 89.2 cm³/mol. The van der Waals surface area contributed by atoms with Gasteiger partial charge in [-0.3, -0.25) is 4.79 Å². The molecule has 2 aromatic rings. The van der Waals surface area contributed by atoms with Crippen molar-refractivity contribution in [1.29, 1.82) is 0 Å². The molecule has 0 atom stereocenters. The van der Waals surface area contributed by atoms with Gasteiger partial charge in [-0.1, -0.05) is 28.1 Å². The zero-order chi connectivity index (χ0) is 16.2. The highest BCUT2D eigenvalue weighted by atomic mass is 79.9. The Labute approximate surface area is 142 Å². The first-order valence-corrected chi connectivity index (χ1v) is 8.29. The third kappa shape index (κ3) is 2.17. The van der Waals surface area contributed by atoms with Crippen molar-refractivity contribution in [2.75, 3.05) is 12.0 Å². The lowest BCUT2D eigenvalue weighted by molar-refractivity contribution is -0.120. The number of amides is 1. The Bertz CT molecular complexity index is 799. The number of fused-ring (bicyclic) bond motifs is 2. The van der Waals surface area contributed by atoms with Gasteiger partial charge in [0, 0.05) is 4.47 Å². The lowest BCUT2D eigenvalue weighted by Crippen LogP contribution is -2.31. The minimum absolute atomic E-state index is 0.0142. The standard InChI is InChI=1S/C18H15BrFNO2/c1-23-13-4-2-11(3-5-13)10-21-16-14(8-12(19)9-15(16)20)18(6-7-18)17(21)22/h2-5,8-9H,6-7,10H2,1H3. The molecular weight excluding hydrogens is 361 g/mol. The number of hydrogen-bond donors (Lipinski definition) is 0. The molecule has 0 unspecified atom stereocenters. The summed E-state index contributed by atoms with van der Waals surface area (Å²) in [6.45, 7) is 0.371. The van der Waals surface area contributed by atoms with E-state index in [2.05, 4.69) is 15.9 Å². The van der Waals surface area contributed by atoms with Gasteiger partial charge in [0.05, 0.1) is 24.8 Å². The van der Waals surface area contributed by atoms with Gasteiger partial charge in [0.1, 0.15) is 11.6 Å². The number of anilines is 1.